The average Bonchev–Trinajstić information content (AvgIpc) is 3.22. The molecule has 9 heteroatoms. The van der Waals surface area contributed by atoms with Crippen LogP contribution >= 0.6 is 11.3 Å². The number of carbonyl (C=O) groups is 1. The summed E-state index contributed by atoms with van der Waals surface area (Å²) >= 11 is 1.74. The van der Waals surface area contributed by atoms with Crippen molar-refractivity contribution in [1.82, 2.24) is 19.8 Å². The number of hydrogen-bond acceptors (Lipinski definition) is 8. The summed E-state index contributed by atoms with van der Waals surface area (Å²) in [5.41, 5.74) is 1.19. The van der Waals surface area contributed by atoms with Gasteiger partial charge in [0.15, 0.2) is 0 Å². The Morgan fingerprint density at radius 2 is 2.03 bits per heavy atom. The van der Waals surface area contributed by atoms with Crippen LogP contribution in [0.4, 0.5) is 10.6 Å². The van der Waals surface area contributed by atoms with E-state index in [4.69, 9.17) is 9.47 Å². The molecule has 1 N–H and O–H groups in total. The summed E-state index contributed by atoms with van der Waals surface area (Å²) in [4.78, 5) is 28.4. The second-order valence-electron chi connectivity index (χ2n) is 8.99. The Labute approximate surface area is 193 Å². The van der Waals surface area contributed by atoms with Crippen molar-refractivity contribution in [2.24, 2.45) is 0 Å². The summed E-state index contributed by atoms with van der Waals surface area (Å²) < 4.78 is 10.9. The normalized spacial score (nSPS) is 24.3. The van der Waals surface area contributed by atoms with Gasteiger partial charge in [-0.25, -0.2) is 14.8 Å². The lowest BCUT2D eigenvalue weighted by molar-refractivity contribution is 0.00791. The number of nitrogens with zero attached hydrogens (tertiary/aromatic N) is 4. The van der Waals surface area contributed by atoms with Crippen molar-refractivity contribution >= 4 is 33.5 Å². The predicted octanol–water partition coefficient (Wildman–Crippen LogP) is 3.65. The number of fused-ring (bicyclic) bond motifs is 3. The molecule has 1 amide bonds. The molecule has 32 heavy (non-hydrogen) atoms. The molecule has 1 saturated heterocycles. The molecule has 2 fully saturated rings. The number of hydrogen-bond donors (Lipinski definition) is 1. The van der Waals surface area contributed by atoms with E-state index in [9.17, 15) is 4.79 Å². The molecule has 4 heterocycles. The van der Waals surface area contributed by atoms with Crippen LogP contribution in [0.25, 0.3) is 10.2 Å². The van der Waals surface area contributed by atoms with E-state index in [0.29, 0.717) is 31.8 Å². The third-order valence-corrected chi connectivity index (χ3v) is 8.12. The van der Waals surface area contributed by atoms with Gasteiger partial charge in [0.25, 0.3) is 0 Å². The first-order chi connectivity index (χ1) is 15.7. The van der Waals surface area contributed by atoms with Crippen LogP contribution in [0.1, 0.15) is 49.5 Å². The maximum absolute atomic E-state index is 12.4. The number of carbonyl (C=O) groups excluding carboxylic acids is 1. The molecular formula is C23H33N5O3S. The molecule has 5 rings (SSSR count). The fourth-order valence-corrected chi connectivity index (χ4v) is 6.32. The maximum atomic E-state index is 12.4. The lowest BCUT2D eigenvalue weighted by atomic mass is 9.90. The molecule has 1 saturated carbocycles. The minimum Gasteiger partial charge on any atom is -0.449 e. The number of ether oxygens (including phenoxy) is 2. The lowest BCUT2D eigenvalue weighted by Gasteiger charge is -2.39. The van der Waals surface area contributed by atoms with Gasteiger partial charge in [0.2, 0.25) is 0 Å². The topological polar surface area (TPSA) is 79.8 Å². The Morgan fingerprint density at radius 3 is 2.81 bits per heavy atom. The van der Waals surface area contributed by atoms with Gasteiger partial charge in [-0.1, -0.05) is 6.92 Å². The van der Waals surface area contributed by atoms with Gasteiger partial charge in [-0.15, -0.1) is 11.3 Å². The fourth-order valence-electron chi connectivity index (χ4n) is 5.18. The van der Waals surface area contributed by atoms with E-state index in [1.165, 1.54) is 23.3 Å². The highest BCUT2D eigenvalue weighted by molar-refractivity contribution is 7.19. The first-order valence-electron chi connectivity index (χ1n) is 12.0. The molecule has 0 bridgehead atoms. The number of rotatable bonds is 5. The van der Waals surface area contributed by atoms with Gasteiger partial charge in [-0.3, -0.25) is 4.90 Å². The van der Waals surface area contributed by atoms with Gasteiger partial charge in [0.05, 0.1) is 31.8 Å². The van der Waals surface area contributed by atoms with Crippen molar-refractivity contribution in [3.8, 4) is 0 Å². The van der Waals surface area contributed by atoms with Gasteiger partial charge < -0.3 is 19.7 Å². The molecule has 0 aromatic carbocycles. The van der Waals surface area contributed by atoms with E-state index in [2.05, 4.69) is 20.2 Å². The molecule has 0 radical (unpaired) electrons. The largest absolute Gasteiger partial charge is 0.449 e. The van der Waals surface area contributed by atoms with Crippen LogP contribution in [0, 0.1) is 0 Å². The Kier molecular flexibility index (Phi) is 6.75. The fraction of sp³-hybridized carbons (Fsp3) is 0.696. The van der Waals surface area contributed by atoms with Gasteiger partial charge in [0, 0.05) is 36.6 Å². The molecule has 3 aliphatic rings. The number of aromatic nitrogens is 2. The van der Waals surface area contributed by atoms with E-state index >= 15 is 0 Å². The number of thiophene rings is 1. The SMILES string of the molecule is CCCOC(=O)N1CCc2sc3ncnc(N[C@H]4CC[C@H](N5CCOCC5)CC4)c3c2C1. The van der Waals surface area contributed by atoms with Gasteiger partial charge >= 0.3 is 6.09 Å². The van der Waals surface area contributed by atoms with Gasteiger partial charge in [-0.05, 0) is 44.1 Å². The van der Waals surface area contributed by atoms with Gasteiger partial charge in [0.1, 0.15) is 17.0 Å². The predicted molar refractivity (Wildman–Crippen MR) is 125 cm³/mol. The third-order valence-electron chi connectivity index (χ3n) is 6.92. The standard InChI is InChI=1S/C23H33N5O3S/c1-2-11-31-23(29)28-8-7-19-18(14-28)20-21(24-15-25-22(20)32-19)26-16-3-5-17(6-4-16)27-9-12-30-13-10-27/h15-17H,2-14H2,1H3,(H,24,25,26)/t16-,17-. The number of nitrogens with one attached hydrogen (secondary N) is 1. The van der Waals surface area contributed by atoms with Crippen LogP contribution < -0.4 is 5.32 Å². The van der Waals surface area contributed by atoms with E-state index in [1.807, 2.05) is 11.8 Å². The second kappa shape index (κ2) is 9.89. The molecule has 174 valence electrons. The Balaban J connectivity index is 1.28. The van der Waals surface area contributed by atoms with Crippen LogP contribution in [0.2, 0.25) is 0 Å². The van der Waals surface area contributed by atoms with E-state index in [0.717, 1.165) is 68.0 Å². The lowest BCUT2D eigenvalue weighted by Crippen LogP contribution is -2.46. The third kappa shape index (κ3) is 4.56. The quantitative estimate of drug-likeness (QED) is 0.731. The second-order valence-corrected chi connectivity index (χ2v) is 10.1. The van der Waals surface area contributed by atoms with Crippen LogP contribution in [0.3, 0.4) is 0 Å². The molecule has 2 aliphatic heterocycles. The first kappa shape index (κ1) is 21.9. The van der Waals surface area contributed by atoms with E-state index in [-0.39, 0.29) is 6.09 Å². The number of morpholine rings is 1. The van der Waals surface area contributed by atoms with Crippen LogP contribution in [0.15, 0.2) is 6.33 Å². The number of anilines is 1. The summed E-state index contributed by atoms with van der Waals surface area (Å²) in [5.74, 6) is 0.922. The zero-order valence-electron chi connectivity index (χ0n) is 18.8. The highest BCUT2D eigenvalue weighted by Crippen LogP contribution is 2.38. The van der Waals surface area contributed by atoms with Gasteiger partial charge in [-0.2, -0.15) is 0 Å². The van der Waals surface area contributed by atoms with Crippen LogP contribution in [-0.2, 0) is 22.4 Å². The van der Waals surface area contributed by atoms with Crippen LogP contribution in [-0.4, -0.2) is 77.4 Å². The molecular weight excluding hydrogens is 426 g/mol. The minimum atomic E-state index is -0.218. The smallest absolute Gasteiger partial charge is 0.410 e. The van der Waals surface area contributed by atoms with Crippen molar-refractivity contribution < 1.29 is 14.3 Å². The zero-order chi connectivity index (χ0) is 21.9. The molecule has 0 atom stereocenters. The Hall–Kier alpha value is -1.97. The van der Waals surface area contributed by atoms with Crippen molar-refractivity contribution in [3.63, 3.8) is 0 Å². The van der Waals surface area contributed by atoms with E-state index in [1.54, 1.807) is 17.7 Å². The first-order valence-corrected chi connectivity index (χ1v) is 12.8. The van der Waals surface area contributed by atoms with Crippen molar-refractivity contribution in [2.75, 3.05) is 44.8 Å². The van der Waals surface area contributed by atoms with Crippen LogP contribution in [0.5, 0.6) is 0 Å². The Bertz CT molecular complexity index is 937. The number of amides is 1. The monoisotopic (exact) mass is 459 g/mol. The highest BCUT2D eigenvalue weighted by atomic mass is 32.1. The van der Waals surface area contributed by atoms with Crippen molar-refractivity contribution in [1.29, 1.82) is 0 Å². The minimum absolute atomic E-state index is 0.218. The molecule has 0 unspecified atom stereocenters. The summed E-state index contributed by atoms with van der Waals surface area (Å²) in [6, 6.07) is 1.11. The van der Waals surface area contributed by atoms with E-state index < -0.39 is 0 Å². The highest BCUT2D eigenvalue weighted by Gasteiger charge is 2.30. The summed E-state index contributed by atoms with van der Waals surface area (Å²) in [7, 11) is 0. The zero-order valence-corrected chi connectivity index (χ0v) is 19.7. The molecule has 2 aromatic rings. The summed E-state index contributed by atoms with van der Waals surface area (Å²) in [5, 5.41) is 4.83. The molecule has 2 aromatic heterocycles. The maximum Gasteiger partial charge on any atom is 0.410 e. The molecule has 8 nitrogen and oxygen atoms in total. The summed E-state index contributed by atoms with van der Waals surface area (Å²) in [6.45, 7) is 7.61. The van der Waals surface area contributed by atoms with Crippen molar-refractivity contribution in [3.05, 3.63) is 16.8 Å². The van der Waals surface area contributed by atoms with Crippen molar-refractivity contribution in [2.45, 2.75) is 64.1 Å². The Morgan fingerprint density at radius 1 is 1.22 bits per heavy atom. The average molecular weight is 460 g/mol. The molecule has 1 aliphatic carbocycles. The molecule has 0 spiro atoms. The summed E-state index contributed by atoms with van der Waals surface area (Å²) in [6.07, 6.45) is 7.85.